The first-order valence-corrected chi connectivity index (χ1v) is 7.46. The number of hydrogen-bond donors (Lipinski definition) is 1. The van der Waals surface area contributed by atoms with Gasteiger partial charge in [-0.25, -0.2) is 4.39 Å². The van der Waals surface area contributed by atoms with Crippen LogP contribution in [0.25, 0.3) is 0 Å². The SMILES string of the molecule is CC(=O)N(CCNC(=O)C1CCCO1)Cc1ccccc1F. The summed E-state index contributed by atoms with van der Waals surface area (Å²) in [5.74, 6) is -0.640. The maximum atomic E-state index is 13.6. The molecular weight excluding hydrogens is 287 g/mol. The first-order valence-electron chi connectivity index (χ1n) is 7.46. The third-order valence-corrected chi connectivity index (χ3v) is 3.67. The quantitative estimate of drug-likeness (QED) is 0.866. The van der Waals surface area contributed by atoms with Gasteiger partial charge in [0.15, 0.2) is 0 Å². The summed E-state index contributed by atoms with van der Waals surface area (Å²) in [5, 5.41) is 2.76. The minimum Gasteiger partial charge on any atom is -0.368 e. The van der Waals surface area contributed by atoms with Crippen LogP contribution in [0.15, 0.2) is 24.3 Å². The Balaban J connectivity index is 1.83. The zero-order valence-corrected chi connectivity index (χ0v) is 12.7. The summed E-state index contributed by atoms with van der Waals surface area (Å²) in [6, 6.07) is 6.36. The number of halogens is 1. The number of carbonyl (C=O) groups excluding carboxylic acids is 2. The van der Waals surface area contributed by atoms with Crippen molar-refractivity contribution >= 4 is 11.8 Å². The summed E-state index contributed by atoms with van der Waals surface area (Å²) < 4.78 is 18.9. The van der Waals surface area contributed by atoms with E-state index in [9.17, 15) is 14.0 Å². The topological polar surface area (TPSA) is 58.6 Å². The summed E-state index contributed by atoms with van der Waals surface area (Å²) in [4.78, 5) is 25.0. The van der Waals surface area contributed by atoms with Gasteiger partial charge in [0.25, 0.3) is 0 Å². The van der Waals surface area contributed by atoms with E-state index in [-0.39, 0.29) is 30.3 Å². The van der Waals surface area contributed by atoms with E-state index < -0.39 is 0 Å². The van der Waals surface area contributed by atoms with Crippen LogP contribution in [0.3, 0.4) is 0 Å². The van der Waals surface area contributed by atoms with Gasteiger partial charge in [-0.1, -0.05) is 18.2 Å². The Morgan fingerprint density at radius 2 is 2.18 bits per heavy atom. The Morgan fingerprint density at radius 3 is 2.82 bits per heavy atom. The summed E-state index contributed by atoms with van der Waals surface area (Å²) in [5.41, 5.74) is 0.461. The minimum atomic E-state index is -0.377. The van der Waals surface area contributed by atoms with Crippen molar-refractivity contribution in [3.05, 3.63) is 35.6 Å². The highest BCUT2D eigenvalue weighted by molar-refractivity contribution is 5.81. The summed E-state index contributed by atoms with van der Waals surface area (Å²) in [6.07, 6.45) is 1.25. The van der Waals surface area contributed by atoms with Crippen molar-refractivity contribution in [2.24, 2.45) is 0 Å². The van der Waals surface area contributed by atoms with Crippen LogP contribution in [-0.2, 0) is 20.9 Å². The number of carbonyl (C=O) groups is 2. The van der Waals surface area contributed by atoms with E-state index in [1.807, 2.05) is 0 Å². The van der Waals surface area contributed by atoms with Crippen molar-refractivity contribution < 1.29 is 18.7 Å². The highest BCUT2D eigenvalue weighted by Gasteiger charge is 2.23. The van der Waals surface area contributed by atoms with Crippen molar-refractivity contribution in [3.63, 3.8) is 0 Å². The molecule has 0 aromatic heterocycles. The number of benzene rings is 1. The molecule has 1 aromatic carbocycles. The number of amides is 2. The lowest BCUT2D eigenvalue weighted by atomic mass is 10.2. The predicted molar refractivity (Wildman–Crippen MR) is 79.5 cm³/mol. The molecule has 2 amide bonds. The van der Waals surface area contributed by atoms with E-state index in [2.05, 4.69) is 5.32 Å². The number of hydrogen-bond acceptors (Lipinski definition) is 3. The standard InChI is InChI=1S/C16H21FN2O3/c1-12(20)19(11-13-5-2-3-6-14(13)17)9-8-18-16(21)15-7-4-10-22-15/h2-3,5-6,15H,4,7-11H2,1H3,(H,18,21). The lowest BCUT2D eigenvalue weighted by Crippen LogP contribution is -2.40. The van der Waals surface area contributed by atoms with Crippen LogP contribution in [0.1, 0.15) is 25.3 Å². The van der Waals surface area contributed by atoms with Gasteiger partial charge in [0.2, 0.25) is 11.8 Å². The van der Waals surface area contributed by atoms with Crippen molar-refractivity contribution in [1.29, 1.82) is 0 Å². The molecule has 2 rings (SSSR count). The third-order valence-electron chi connectivity index (χ3n) is 3.67. The molecule has 0 saturated carbocycles. The Morgan fingerprint density at radius 1 is 1.41 bits per heavy atom. The molecule has 1 heterocycles. The molecule has 22 heavy (non-hydrogen) atoms. The molecule has 6 heteroatoms. The fourth-order valence-electron chi connectivity index (χ4n) is 2.39. The van der Waals surface area contributed by atoms with Crippen LogP contribution in [0.5, 0.6) is 0 Å². The van der Waals surface area contributed by atoms with Gasteiger partial charge in [-0.05, 0) is 18.9 Å². The summed E-state index contributed by atoms with van der Waals surface area (Å²) in [7, 11) is 0. The molecular formula is C16H21FN2O3. The third kappa shape index (κ3) is 4.53. The number of nitrogens with one attached hydrogen (secondary N) is 1. The monoisotopic (exact) mass is 308 g/mol. The zero-order chi connectivity index (χ0) is 15.9. The Bertz CT molecular complexity index is 530. The van der Waals surface area contributed by atoms with Crippen LogP contribution < -0.4 is 5.32 Å². The van der Waals surface area contributed by atoms with Crippen LogP contribution in [0, 0.1) is 5.82 Å². The van der Waals surface area contributed by atoms with E-state index in [1.165, 1.54) is 17.9 Å². The van der Waals surface area contributed by atoms with Crippen LogP contribution in [0.4, 0.5) is 4.39 Å². The molecule has 1 N–H and O–H groups in total. The van der Waals surface area contributed by atoms with Crippen LogP contribution in [-0.4, -0.2) is 42.5 Å². The van der Waals surface area contributed by atoms with Gasteiger partial charge in [0.05, 0.1) is 0 Å². The highest BCUT2D eigenvalue weighted by atomic mass is 19.1. The Kier molecular flexibility index (Phi) is 5.89. The van der Waals surface area contributed by atoms with Gasteiger partial charge in [-0.15, -0.1) is 0 Å². The van der Waals surface area contributed by atoms with E-state index in [0.717, 1.165) is 12.8 Å². The molecule has 0 aliphatic carbocycles. The second-order valence-electron chi connectivity index (χ2n) is 5.32. The molecule has 1 aliphatic rings. The molecule has 1 fully saturated rings. The highest BCUT2D eigenvalue weighted by Crippen LogP contribution is 2.12. The second-order valence-corrected chi connectivity index (χ2v) is 5.32. The first-order chi connectivity index (χ1) is 10.6. The molecule has 1 saturated heterocycles. The number of rotatable bonds is 6. The summed E-state index contributed by atoms with van der Waals surface area (Å²) in [6.45, 7) is 2.90. The van der Waals surface area contributed by atoms with E-state index in [1.54, 1.807) is 18.2 Å². The predicted octanol–water partition coefficient (Wildman–Crippen LogP) is 1.47. The molecule has 5 nitrogen and oxygen atoms in total. The molecule has 1 atom stereocenters. The van der Waals surface area contributed by atoms with Gasteiger partial charge in [0, 0.05) is 38.7 Å². The maximum absolute atomic E-state index is 13.6. The van der Waals surface area contributed by atoms with Crippen molar-refractivity contribution in [1.82, 2.24) is 10.2 Å². The fourth-order valence-corrected chi connectivity index (χ4v) is 2.39. The van der Waals surface area contributed by atoms with Crippen molar-refractivity contribution in [2.45, 2.75) is 32.4 Å². The first kappa shape index (κ1) is 16.4. The van der Waals surface area contributed by atoms with E-state index in [0.29, 0.717) is 25.3 Å². The van der Waals surface area contributed by atoms with Crippen LogP contribution >= 0.6 is 0 Å². The van der Waals surface area contributed by atoms with Gasteiger partial charge in [0.1, 0.15) is 11.9 Å². The molecule has 0 spiro atoms. The van der Waals surface area contributed by atoms with Gasteiger partial charge < -0.3 is 15.0 Å². The molecule has 0 bridgehead atoms. The smallest absolute Gasteiger partial charge is 0.249 e. The number of nitrogens with zero attached hydrogens (tertiary/aromatic N) is 1. The van der Waals surface area contributed by atoms with Crippen molar-refractivity contribution in [3.8, 4) is 0 Å². The second kappa shape index (κ2) is 7.89. The van der Waals surface area contributed by atoms with Crippen LogP contribution in [0.2, 0.25) is 0 Å². The molecule has 1 aromatic rings. The maximum Gasteiger partial charge on any atom is 0.249 e. The molecule has 1 aliphatic heterocycles. The average Bonchev–Trinajstić information content (AvgIpc) is 3.02. The molecule has 1 unspecified atom stereocenters. The molecule has 0 radical (unpaired) electrons. The lowest BCUT2D eigenvalue weighted by Gasteiger charge is -2.22. The lowest BCUT2D eigenvalue weighted by molar-refractivity contribution is -0.132. The summed E-state index contributed by atoms with van der Waals surface area (Å²) >= 11 is 0. The van der Waals surface area contributed by atoms with Crippen molar-refractivity contribution in [2.75, 3.05) is 19.7 Å². The van der Waals surface area contributed by atoms with Gasteiger partial charge >= 0.3 is 0 Å². The van der Waals surface area contributed by atoms with E-state index in [4.69, 9.17) is 4.74 Å². The van der Waals surface area contributed by atoms with Gasteiger partial charge in [-0.2, -0.15) is 0 Å². The van der Waals surface area contributed by atoms with E-state index >= 15 is 0 Å². The fraction of sp³-hybridized carbons (Fsp3) is 0.500. The Hall–Kier alpha value is -1.95. The largest absolute Gasteiger partial charge is 0.368 e. The molecule has 120 valence electrons. The average molecular weight is 308 g/mol. The normalized spacial score (nSPS) is 17.3. The Labute approximate surface area is 129 Å². The van der Waals surface area contributed by atoms with Gasteiger partial charge in [-0.3, -0.25) is 9.59 Å². The number of ether oxygens (including phenoxy) is 1. The zero-order valence-electron chi connectivity index (χ0n) is 12.7. The minimum absolute atomic E-state index is 0.146.